The first-order valence-corrected chi connectivity index (χ1v) is 6.33. The molecule has 0 aliphatic rings. The molecule has 0 amide bonds. The van der Waals surface area contributed by atoms with Gasteiger partial charge in [0.05, 0.1) is 0 Å². The van der Waals surface area contributed by atoms with E-state index in [4.69, 9.17) is 0 Å². The molecule has 0 saturated heterocycles. The van der Waals surface area contributed by atoms with Crippen molar-refractivity contribution < 1.29 is 9.50 Å². The van der Waals surface area contributed by atoms with Gasteiger partial charge in [0.15, 0.2) is 0 Å². The number of aryl methyl sites for hydroxylation is 1. The van der Waals surface area contributed by atoms with Crippen LogP contribution in [0, 0.1) is 12.7 Å². The molecule has 0 atom stereocenters. The lowest BCUT2D eigenvalue weighted by molar-refractivity contribution is 0.469. The van der Waals surface area contributed by atoms with Crippen LogP contribution in [-0.2, 0) is 6.54 Å². The molecule has 18 heavy (non-hydrogen) atoms. The van der Waals surface area contributed by atoms with E-state index in [2.05, 4.69) is 21.2 Å². The van der Waals surface area contributed by atoms with Crippen molar-refractivity contribution in [2.45, 2.75) is 13.5 Å². The van der Waals surface area contributed by atoms with Gasteiger partial charge >= 0.3 is 0 Å². The number of hydrogen-bond acceptors (Lipinski definition) is 2. The predicted octanol–water partition coefficient (Wildman–Crippen LogP) is 4.21. The molecular weight excluding hydrogens is 297 g/mol. The molecular formula is C14H13BrFNO. The number of aromatic hydroxyl groups is 1. The molecule has 0 unspecified atom stereocenters. The molecule has 0 spiro atoms. The topological polar surface area (TPSA) is 32.3 Å². The SMILES string of the molecule is Cc1cc(NCc2cc(Br)ccc2O)ccc1F. The van der Waals surface area contributed by atoms with Crippen LogP contribution >= 0.6 is 15.9 Å². The molecule has 0 fully saturated rings. The highest BCUT2D eigenvalue weighted by Crippen LogP contribution is 2.23. The number of phenolic OH excluding ortho intramolecular Hbond substituents is 1. The van der Waals surface area contributed by atoms with Crippen molar-refractivity contribution in [2.75, 3.05) is 5.32 Å². The maximum Gasteiger partial charge on any atom is 0.126 e. The Labute approximate surface area is 114 Å². The third-order valence-electron chi connectivity index (χ3n) is 2.68. The van der Waals surface area contributed by atoms with Crippen LogP contribution in [0.15, 0.2) is 40.9 Å². The summed E-state index contributed by atoms with van der Waals surface area (Å²) in [7, 11) is 0. The molecule has 0 saturated carbocycles. The van der Waals surface area contributed by atoms with Crippen LogP contribution in [0.4, 0.5) is 10.1 Å². The molecule has 4 heteroatoms. The second-order valence-corrected chi connectivity index (χ2v) is 5.01. The van der Waals surface area contributed by atoms with E-state index < -0.39 is 0 Å². The molecule has 2 aromatic carbocycles. The highest BCUT2D eigenvalue weighted by atomic mass is 79.9. The van der Waals surface area contributed by atoms with E-state index in [0.29, 0.717) is 12.1 Å². The predicted molar refractivity (Wildman–Crippen MR) is 74.3 cm³/mol. The van der Waals surface area contributed by atoms with E-state index in [1.807, 2.05) is 6.07 Å². The van der Waals surface area contributed by atoms with Crippen LogP contribution < -0.4 is 5.32 Å². The maximum absolute atomic E-state index is 13.1. The minimum absolute atomic E-state index is 0.217. The van der Waals surface area contributed by atoms with Gasteiger partial charge in [-0.2, -0.15) is 0 Å². The Balaban J connectivity index is 2.11. The Morgan fingerprint density at radius 3 is 2.72 bits per heavy atom. The molecule has 2 aromatic rings. The molecule has 94 valence electrons. The largest absolute Gasteiger partial charge is 0.508 e. The summed E-state index contributed by atoms with van der Waals surface area (Å²) >= 11 is 3.36. The van der Waals surface area contributed by atoms with Crippen molar-refractivity contribution in [3.05, 3.63) is 57.8 Å². The van der Waals surface area contributed by atoms with E-state index >= 15 is 0 Å². The number of halogens is 2. The highest BCUT2D eigenvalue weighted by Gasteiger charge is 2.03. The van der Waals surface area contributed by atoms with Crippen molar-refractivity contribution in [2.24, 2.45) is 0 Å². The monoisotopic (exact) mass is 309 g/mol. The Morgan fingerprint density at radius 1 is 1.22 bits per heavy atom. The Bertz CT molecular complexity index is 572. The van der Waals surface area contributed by atoms with Crippen molar-refractivity contribution in [1.29, 1.82) is 0 Å². The van der Waals surface area contributed by atoms with Crippen LogP contribution in [0.1, 0.15) is 11.1 Å². The fraction of sp³-hybridized carbons (Fsp3) is 0.143. The van der Waals surface area contributed by atoms with Crippen molar-refractivity contribution >= 4 is 21.6 Å². The zero-order chi connectivity index (χ0) is 13.1. The van der Waals surface area contributed by atoms with Crippen LogP contribution in [0.2, 0.25) is 0 Å². The van der Waals surface area contributed by atoms with Crippen molar-refractivity contribution in [1.82, 2.24) is 0 Å². The molecule has 0 aliphatic carbocycles. The number of nitrogens with one attached hydrogen (secondary N) is 1. The van der Waals surface area contributed by atoms with E-state index in [1.165, 1.54) is 6.07 Å². The Kier molecular flexibility index (Phi) is 3.87. The quantitative estimate of drug-likeness (QED) is 0.890. The van der Waals surface area contributed by atoms with Gasteiger partial charge < -0.3 is 10.4 Å². The summed E-state index contributed by atoms with van der Waals surface area (Å²) in [6.07, 6.45) is 0. The average Bonchev–Trinajstić information content (AvgIpc) is 2.34. The van der Waals surface area contributed by atoms with Gasteiger partial charge in [-0.05, 0) is 48.9 Å². The van der Waals surface area contributed by atoms with Crippen molar-refractivity contribution in [3.63, 3.8) is 0 Å². The number of anilines is 1. The van der Waals surface area contributed by atoms with Gasteiger partial charge in [-0.3, -0.25) is 0 Å². The summed E-state index contributed by atoms with van der Waals surface area (Å²) in [5.74, 6) is 0.0235. The molecule has 0 aliphatic heterocycles. The average molecular weight is 310 g/mol. The Hall–Kier alpha value is -1.55. The lowest BCUT2D eigenvalue weighted by atomic mass is 10.1. The summed E-state index contributed by atoms with van der Waals surface area (Å²) < 4.78 is 14.0. The second-order valence-electron chi connectivity index (χ2n) is 4.09. The number of hydrogen-bond donors (Lipinski definition) is 2. The fourth-order valence-corrected chi connectivity index (χ4v) is 2.06. The first-order valence-electron chi connectivity index (χ1n) is 5.53. The molecule has 0 bridgehead atoms. The van der Waals surface area contributed by atoms with Crippen LogP contribution in [0.25, 0.3) is 0 Å². The first kappa shape index (κ1) is 12.9. The highest BCUT2D eigenvalue weighted by molar-refractivity contribution is 9.10. The summed E-state index contributed by atoms with van der Waals surface area (Å²) in [6.45, 7) is 2.20. The molecule has 2 N–H and O–H groups in total. The van der Waals surface area contributed by atoms with Gasteiger partial charge in [0.25, 0.3) is 0 Å². The molecule has 0 aromatic heterocycles. The second kappa shape index (κ2) is 5.40. The summed E-state index contributed by atoms with van der Waals surface area (Å²) in [4.78, 5) is 0. The molecule has 0 radical (unpaired) electrons. The van der Waals surface area contributed by atoms with Gasteiger partial charge in [0.2, 0.25) is 0 Å². The van der Waals surface area contributed by atoms with E-state index in [-0.39, 0.29) is 11.6 Å². The Morgan fingerprint density at radius 2 is 2.00 bits per heavy atom. The van der Waals surface area contributed by atoms with Gasteiger partial charge in [0, 0.05) is 22.3 Å². The number of rotatable bonds is 3. The summed E-state index contributed by atoms with van der Waals surface area (Å²) in [5.41, 5.74) is 2.21. The zero-order valence-electron chi connectivity index (χ0n) is 9.87. The van der Waals surface area contributed by atoms with E-state index in [1.54, 1.807) is 31.2 Å². The van der Waals surface area contributed by atoms with Crippen LogP contribution in [-0.4, -0.2) is 5.11 Å². The van der Waals surface area contributed by atoms with E-state index in [0.717, 1.165) is 15.7 Å². The standard InChI is InChI=1S/C14H13BrFNO/c1-9-6-12(3-4-13(9)16)17-8-10-7-11(15)2-5-14(10)18/h2-7,17-18H,8H2,1H3. The summed E-state index contributed by atoms with van der Waals surface area (Å²) in [5, 5.41) is 12.8. The maximum atomic E-state index is 13.1. The van der Waals surface area contributed by atoms with Gasteiger partial charge in [-0.1, -0.05) is 15.9 Å². The summed E-state index contributed by atoms with van der Waals surface area (Å²) in [6, 6.07) is 10.1. The number of benzene rings is 2. The third-order valence-corrected chi connectivity index (χ3v) is 3.18. The lowest BCUT2D eigenvalue weighted by Crippen LogP contribution is -2.00. The smallest absolute Gasteiger partial charge is 0.126 e. The van der Waals surface area contributed by atoms with Gasteiger partial charge in [0.1, 0.15) is 11.6 Å². The molecule has 2 nitrogen and oxygen atoms in total. The lowest BCUT2D eigenvalue weighted by Gasteiger charge is -2.09. The molecule has 0 heterocycles. The van der Waals surface area contributed by atoms with Gasteiger partial charge in [-0.25, -0.2) is 4.39 Å². The number of phenols is 1. The van der Waals surface area contributed by atoms with Crippen LogP contribution in [0.3, 0.4) is 0 Å². The minimum atomic E-state index is -0.217. The zero-order valence-corrected chi connectivity index (χ0v) is 11.5. The van der Waals surface area contributed by atoms with Crippen LogP contribution in [0.5, 0.6) is 5.75 Å². The normalized spacial score (nSPS) is 10.4. The molecule has 2 rings (SSSR count). The first-order chi connectivity index (χ1) is 8.56. The van der Waals surface area contributed by atoms with Gasteiger partial charge in [-0.15, -0.1) is 0 Å². The fourth-order valence-electron chi connectivity index (χ4n) is 1.65. The third kappa shape index (κ3) is 3.01. The van der Waals surface area contributed by atoms with Crippen molar-refractivity contribution in [3.8, 4) is 5.75 Å². The van der Waals surface area contributed by atoms with E-state index in [9.17, 15) is 9.50 Å². The minimum Gasteiger partial charge on any atom is -0.508 e.